The molecule has 1 aromatic heterocycles. The molecule has 0 spiro atoms. The van der Waals surface area contributed by atoms with Gasteiger partial charge in [-0.2, -0.15) is 0 Å². The van der Waals surface area contributed by atoms with E-state index in [-0.39, 0.29) is 27.8 Å². The van der Waals surface area contributed by atoms with Gasteiger partial charge in [-0.25, -0.2) is 9.37 Å². The number of carbonyl (C=O) groups excluding carboxylic acids is 2. The second-order valence-electron chi connectivity index (χ2n) is 6.90. The van der Waals surface area contributed by atoms with Crippen LogP contribution in [-0.2, 0) is 11.3 Å². The molecule has 6 nitrogen and oxygen atoms in total. The minimum atomic E-state index is -1.09. The van der Waals surface area contributed by atoms with Crippen LogP contribution in [-0.4, -0.2) is 42.0 Å². The van der Waals surface area contributed by atoms with Gasteiger partial charge in [-0.05, 0) is 44.3 Å². The van der Waals surface area contributed by atoms with Crippen LogP contribution in [0.2, 0.25) is 10.0 Å². The number of nitrogens with zero attached hydrogens (tertiary/aromatic N) is 2. The van der Waals surface area contributed by atoms with Crippen molar-refractivity contribution in [1.82, 2.24) is 9.88 Å². The number of anilines is 2. The van der Waals surface area contributed by atoms with Crippen molar-refractivity contribution < 1.29 is 14.0 Å². The predicted molar refractivity (Wildman–Crippen MR) is 108 cm³/mol. The van der Waals surface area contributed by atoms with Gasteiger partial charge >= 0.3 is 0 Å². The Morgan fingerprint density at radius 3 is 2.43 bits per heavy atom. The molecule has 2 N–H and O–H groups in total. The van der Waals surface area contributed by atoms with Gasteiger partial charge in [0.25, 0.3) is 5.91 Å². The number of hydrogen-bond donors (Lipinski definition) is 2. The molecule has 1 saturated carbocycles. The molecule has 28 heavy (non-hydrogen) atoms. The van der Waals surface area contributed by atoms with Crippen LogP contribution in [0.15, 0.2) is 30.5 Å². The molecule has 2 amide bonds. The topological polar surface area (TPSA) is 74.3 Å². The Kier molecular flexibility index (Phi) is 6.17. The van der Waals surface area contributed by atoms with E-state index in [2.05, 4.69) is 15.6 Å². The molecule has 1 aliphatic carbocycles. The second kappa shape index (κ2) is 8.43. The summed E-state index contributed by atoms with van der Waals surface area (Å²) in [6, 6.07) is 6.44. The van der Waals surface area contributed by atoms with Gasteiger partial charge in [0.2, 0.25) is 5.91 Å². The molecule has 2 aromatic rings. The molecular formula is C19H19Cl2FN4O2. The summed E-state index contributed by atoms with van der Waals surface area (Å²) in [7, 11) is 3.83. The summed E-state index contributed by atoms with van der Waals surface area (Å²) in [4.78, 5) is 30.4. The molecule has 0 radical (unpaired) electrons. The van der Waals surface area contributed by atoms with Crippen molar-refractivity contribution in [3.8, 4) is 0 Å². The number of carbonyl (C=O) groups is 2. The fourth-order valence-electron chi connectivity index (χ4n) is 2.72. The first-order chi connectivity index (χ1) is 13.2. The maximum atomic E-state index is 13.0. The monoisotopic (exact) mass is 424 g/mol. The Hall–Kier alpha value is -2.22. The molecule has 1 heterocycles. The quantitative estimate of drug-likeness (QED) is 0.734. The van der Waals surface area contributed by atoms with Crippen LogP contribution in [0.25, 0.3) is 0 Å². The summed E-state index contributed by atoms with van der Waals surface area (Å²) in [6.45, 7) is 0.634. The van der Waals surface area contributed by atoms with E-state index in [0.29, 0.717) is 12.2 Å². The maximum absolute atomic E-state index is 13.0. The SMILES string of the molecule is CN(C)Cc1cc(Cl)c(C(=O)Nc2ccnc(NC(=O)[C@H]3C[C@@H]3F)c2)c(Cl)c1. The van der Waals surface area contributed by atoms with E-state index in [1.165, 1.54) is 12.3 Å². The summed E-state index contributed by atoms with van der Waals surface area (Å²) in [6.07, 6.45) is 0.556. The predicted octanol–water partition coefficient (Wildman–Crippen LogP) is 4.00. The summed E-state index contributed by atoms with van der Waals surface area (Å²) in [5.41, 5.74) is 1.44. The molecule has 0 saturated heterocycles. The largest absolute Gasteiger partial charge is 0.322 e. The molecule has 2 atom stereocenters. The lowest BCUT2D eigenvalue weighted by molar-refractivity contribution is -0.117. The van der Waals surface area contributed by atoms with Crippen LogP contribution in [0.3, 0.4) is 0 Å². The van der Waals surface area contributed by atoms with Gasteiger partial charge in [0.05, 0.1) is 21.5 Å². The number of nitrogens with one attached hydrogen (secondary N) is 2. The Morgan fingerprint density at radius 1 is 1.21 bits per heavy atom. The molecule has 3 rings (SSSR count). The zero-order chi connectivity index (χ0) is 20.4. The zero-order valence-corrected chi connectivity index (χ0v) is 16.8. The van der Waals surface area contributed by atoms with Crippen LogP contribution in [0, 0.1) is 5.92 Å². The number of hydrogen-bond acceptors (Lipinski definition) is 4. The highest BCUT2D eigenvalue weighted by Crippen LogP contribution is 2.34. The fourth-order valence-corrected chi connectivity index (χ4v) is 3.43. The third-order valence-corrected chi connectivity index (χ3v) is 4.74. The van der Waals surface area contributed by atoms with Crippen molar-refractivity contribution in [2.24, 2.45) is 5.92 Å². The van der Waals surface area contributed by atoms with Crippen LogP contribution >= 0.6 is 23.2 Å². The number of alkyl halides is 1. The molecule has 148 valence electrons. The first-order valence-corrected chi connectivity index (χ1v) is 9.35. The summed E-state index contributed by atoms with van der Waals surface area (Å²) in [5, 5.41) is 5.71. The fraction of sp³-hybridized carbons (Fsp3) is 0.316. The van der Waals surface area contributed by atoms with E-state index in [1.807, 2.05) is 19.0 Å². The average Bonchev–Trinajstić information content (AvgIpc) is 3.31. The van der Waals surface area contributed by atoms with Gasteiger partial charge in [-0.3, -0.25) is 9.59 Å². The highest BCUT2D eigenvalue weighted by molar-refractivity contribution is 6.40. The maximum Gasteiger partial charge on any atom is 0.258 e. The van der Waals surface area contributed by atoms with Crippen molar-refractivity contribution in [3.05, 3.63) is 51.6 Å². The van der Waals surface area contributed by atoms with Crippen LogP contribution in [0.4, 0.5) is 15.9 Å². The van der Waals surface area contributed by atoms with E-state index in [0.717, 1.165) is 5.56 Å². The van der Waals surface area contributed by atoms with Gasteiger partial charge in [0, 0.05) is 24.5 Å². The molecule has 0 aliphatic heterocycles. The number of benzene rings is 1. The van der Waals surface area contributed by atoms with Gasteiger partial charge in [-0.15, -0.1) is 0 Å². The van der Waals surface area contributed by atoms with E-state index < -0.39 is 23.9 Å². The Labute approximate surface area is 172 Å². The van der Waals surface area contributed by atoms with Crippen LogP contribution in [0.5, 0.6) is 0 Å². The molecule has 9 heteroatoms. The second-order valence-corrected chi connectivity index (χ2v) is 7.72. The van der Waals surface area contributed by atoms with Gasteiger partial charge in [-0.1, -0.05) is 23.2 Å². The normalized spacial score (nSPS) is 18.1. The number of halogens is 3. The molecule has 1 aromatic carbocycles. The van der Waals surface area contributed by atoms with Gasteiger partial charge < -0.3 is 15.5 Å². The molecule has 0 bridgehead atoms. The molecule has 1 fully saturated rings. The number of amides is 2. The summed E-state index contributed by atoms with van der Waals surface area (Å²) < 4.78 is 13.0. The number of aromatic nitrogens is 1. The Morgan fingerprint density at radius 2 is 1.86 bits per heavy atom. The van der Waals surface area contributed by atoms with Gasteiger partial charge in [0.1, 0.15) is 12.0 Å². The summed E-state index contributed by atoms with van der Waals surface area (Å²) >= 11 is 12.5. The number of rotatable bonds is 6. The van der Waals surface area contributed by atoms with Crippen molar-refractivity contribution >= 4 is 46.5 Å². The number of pyridine rings is 1. The smallest absolute Gasteiger partial charge is 0.258 e. The molecule has 0 unspecified atom stereocenters. The van der Waals surface area contributed by atoms with E-state index in [1.54, 1.807) is 18.2 Å². The van der Waals surface area contributed by atoms with Crippen LogP contribution in [0.1, 0.15) is 22.3 Å². The Balaban J connectivity index is 1.72. The minimum absolute atomic E-state index is 0.159. The Bertz CT molecular complexity index is 900. The minimum Gasteiger partial charge on any atom is -0.322 e. The standard InChI is InChI=1S/C19H19Cl2FN4O2/c1-26(2)9-10-5-13(20)17(14(21)6-10)19(28)24-11-3-4-23-16(7-11)25-18(27)12-8-15(12)22/h3-7,12,15H,8-9H2,1-2H3,(H2,23,24,25,27,28)/t12-,15-/m0/s1. The van der Waals surface area contributed by atoms with E-state index in [9.17, 15) is 14.0 Å². The van der Waals surface area contributed by atoms with E-state index >= 15 is 0 Å². The third-order valence-electron chi connectivity index (χ3n) is 4.15. The average molecular weight is 425 g/mol. The van der Waals surface area contributed by atoms with E-state index in [4.69, 9.17) is 23.2 Å². The van der Waals surface area contributed by atoms with Crippen LogP contribution < -0.4 is 10.6 Å². The highest BCUT2D eigenvalue weighted by atomic mass is 35.5. The summed E-state index contributed by atoms with van der Waals surface area (Å²) in [5.74, 6) is -1.31. The lowest BCUT2D eigenvalue weighted by Crippen LogP contribution is -2.17. The molecule has 1 aliphatic rings. The lowest BCUT2D eigenvalue weighted by Gasteiger charge is -2.14. The zero-order valence-electron chi connectivity index (χ0n) is 15.3. The molecular weight excluding hydrogens is 406 g/mol. The van der Waals surface area contributed by atoms with Gasteiger partial charge in [0.15, 0.2) is 0 Å². The first-order valence-electron chi connectivity index (χ1n) is 8.59. The van der Waals surface area contributed by atoms with Crippen molar-refractivity contribution in [3.63, 3.8) is 0 Å². The van der Waals surface area contributed by atoms with Crippen molar-refractivity contribution in [1.29, 1.82) is 0 Å². The van der Waals surface area contributed by atoms with Crippen molar-refractivity contribution in [2.75, 3.05) is 24.7 Å². The first kappa shape index (κ1) is 20.5. The third kappa shape index (κ3) is 4.98. The lowest BCUT2D eigenvalue weighted by atomic mass is 10.1. The highest BCUT2D eigenvalue weighted by Gasteiger charge is 2.43. The van der Waals surface area contributed by atoms with Crippen molar-refractivity contribution in [2.45, 2.75) is 19.1 Å².